The minimum atomic E-state index is 0.189. The highest BCUT2D eigenvalue weighted by atomic mass is 16.5. The molecular formula is C25H34N4O2. The summed E-state index contributed by atoms with van der Waals surface area (Å²) < 4.78 is 5.25. The second-order valence-corrected chi connectivity index (χ2v) is 8.58. The van der Waals surface area contributed by atoms with Crippen molar-refractivity contribution in [1.29, 1.82) is 0 Å². The van der Waals surface area contributed by atoms with Crippen molar-refractivity contribution in [3.63, 3.8) is 0 Å². The Morgan fingerprint density at radius 1 is 1.06 bits per heavy atom. The summed E-state index contributed by atoms with van der Waals surface area (Å²) in [5.74, 6) is 1.07. The summed E-state index contributed by atoms with van der Waals surface area (Å²) >= 11 is 0. The summed E-state index contributed by atoms with van der Waals surface area (Å²) in [6.07, 6.45) is 5.84. The minimum absolute atomic E-state index is 0.189. The number of carbonyl (C=O) groups is 1. The van der Waals surface area contributed by atoms with Gasteiger partial charge in [0.1, 0.15) is 5.75 Å². The monoisotopic (exact) mass is 422 g/mol. The number of hydrazine groups is 1. The highest BCUT2D eigenvalue weighted by Gasteiger charge is 2.32. The van der Waals surface area contributed by atoms with Crippen molar-refractivity contribution in [2.24, 2.45) is 0 Å². The zero-order chi connectivity index (χ0) is 21.5. The van der Waals surface area contributed by atoms with Crippen molar-refractivity contribution < 1.29 is 9.53 Å². The fraction of sp³-hybridized carbons (Fsp3) is 0.480. The summed E-state index contributed by atoms with van der Waals surface area (Å²) in [6, 6.07) is 19.3. The van der Waals surface area contributed by atoms with Gasteiger partial charge < -0.3 is 10.1 Å². The number of ether oxygens (including phenoxy) is 1. The Morgan fingerprint density at radius 2 is 1.81 bits per heavy atom. The van der Waals surface area contributed by atoms with Crippen molar-refractivity contribution in [2.45, 2.75) is 56.8 Å². The van der Waals surface area contributed by atoms with Crippen LogP contribution >= 0.6 is 0 Å². The fourth-order valence-electron chi connectivity index (χ4n) is 4.59. The zero-order valence-corrected chi connectivity index (χ0v) is 18.3. The van der Waals surface area contributed by atoms with Gasteiger partial charge in [-0.3, -0.25) is 9.69 Å². The van der Waals surface area contributed by atoms with Gasteiger partial charge in [0, 0.05) is 31.6 Å². The predicted octanol–water partition coefficient (Wildman–Crippen LogP) is 3.16. The molecule has 2 unspecified atom stereocenters. The van der Waals surface area contributed by atoms with E-state index in [-0.39, 0.29) is 5.91 Å². The molecule has 2 aliphatic rings. The first-order valence-corrected chi connectivity index (χ1v) is 11.4. The van der Waals surface area contributed by atoms with Crippen molar-refractivity contribution >= 4 is 5.91 Å². The van der Waals surface area contributed by atoms with Crippen LogP contribution in [0.4, 0.5) is 0 Å². The lowest BCUT2D eigenvalue weighted by atomic mass is 10.0. The lowest BCUT2D eigenvalue weighted by Crippen LogP contribution is -2.51. The van der Waals surface area contributed by atoms with Gasteiger partial charge in [0.2, 0.25) is 5.91 Å². The van der Waals surface area contributed by atoms with Gasteiger partial charge in [-0.1, -0.05) is 42.5 Å². The molecule has 2 heterocycles. The molecule has 0 spiro atoms. The van der Waals surface area contributed by atoms with Crippen LogP contribution < -0.4 is 20.9 Å². The average Bonchev–Trinajstić information content (AvgIpc) is 3.31. The molecule has 2 atom stereocenters. The van der Waals surface area contributed by atoms with E-state index in [1.165, 1.54) is 11.1 Å². The summed E-state index contributed by atoms with van der Waals surface area (Å²) in [5, 5.41) is 3.25. The third-order valence-electron chi connectivity index (χ3n) is 6.45. The fourth-order valence-corrected chi connectivity index (χ4v) is 4.59. The van der Waals surface area contributed by atoms with Crippen LogP contribution in [0.3, 0.4) is 0 Å². The molecular weight excluding hydrogens is 388 g/mol. The van der Waals surface area contributed by atoms with E-state index in [1.807, 2.05) is 18.2 Å². The number of benzene rings is 2. The van der Waals surface area contributed by atoms with Crippen LogP contribution in [0.25, 0.3) is 0 Å². The first-order valence-electron chi connectivity index (χ1n) is 11.4. The number of amides is 1. The molecule has 2 fully saturated rings. The van der Waals surface area contributed by atoms with Crippen molar-refractivity contribution in [2.75, 3.05) is 20.2 Å². The number of rotatable bonds is 8. The van der Waals surface area contributed by atoms with E-state index in [1.54, 1.807) is 7.11 Å². The molecule has 6 heteroatoms. The number of nitrogens with zero attached hydrogens (tertiary/aromatic N) is 1. The van der Waals surface area contributed by atoms with Gasteiger partial charge in [-0.15, -0.1) is 0 Å². The molecule has 3 N–H and O–H groups in total. The van der Waals surface area contributed by atoms with Crippen LogP contribution in [0.1, 0.15) is 49.3 Å². The molecule has 6 nitrogen and oxygen atoms in total. The SMILES string of the molecule is COc1ccc(C2CC(N3CCC(NC(=O)CCCc4ccccc4)CC3)NN2)cc1. The minimum Gasteiger partial charge on any atom is -0.497 e. The number of hydrogen-bond acceptors (Lipinski definition) is 5. The molecule has 0 saturated carbocycles. The standard InChI is InChI=1S/C25H34N4O2/c1-31-22-12-10-20(11-13-22)23-18-24(28-27-23)29-16-14-21(15-17-29)26-25(30)9-5-8-19-6-3-2-4-7-19/h2-4,6-7,10-13,21,23-24,27-28H,5,8-9,14-18H2,1H3,(H,26,30). The van der Waals surface area contributed by atoms with E-state index in [9.17, 15) is 4.79 Å². The van der Waals surface area contributed by atoms with Crippen LogP contribution in [0.2, 0.25) is 0 Å². The molecule has 166 valence electrons. The summed E-state index contributed by atoms with van der Waals surface area (Å²) in [6.45, 7) is 2.01. The number of likely N-dealkylation sites (tertiary alicyclic amines) is 1. The maximum absolute atomic E-state index is 12.3. The smallest absolute Gasteiger partial charge is 0.220 e. The lowest BCUT2D eigenvalue weighted by Gasteiger charge is -2.35. The Bertz CT molecular complexity index is 819. The number of aryl methyl sites for hydroxylation is 1. The lowest BCUT2D eigenvalue weighted by molar-refractivity contribution is -0.122. The quantitative estimate of drug-likeness (QED) is 0.610. The Labute approximate surface area is 185 Å². The molecule has 0 aromatic heterocycles. The van der Waals surface area contributed by atoms with Gasteiger partial charge in [0.25, 0.3) is 0 Å². The molecule has 2 aromatic carbocycles. The van der Waals surface area contributed by atoms with E-state index in [2.05, 4.69) is 57.5 Å². The van der Waals surface area contributed by atoms with E-state index in [4.69, 9.17) is 4.74 Å². The Kier molecular flexibility index (Phi) is 7.57. The maximum atomic E-state index is 12.3. The molecule has 2 saturated heterocycles. The summed E-state index contributed by atoms with van der Waals surface area (Å²) in [7, 11) is 1.69. The van der Waals surface area contributed by atoms with E-state index in [0.29, 0.717) is 24.7 Å². The van der Waals surface area contributed by atoms with Crippen molar-refractivity contribution in [1.82, 2.24) is 21.1 Å². The molecule has 31 heavy (non-hydrogen) atoms. The molecule has 0 bridgehead atoms. The topological polar surface area (TPSA) is 65.6 Å². The number of piperidine rings is 1. The third-order valence-corrected chi connectivity index (χ3v) is 6.45. The first-order chi connectivity index (χ1) is 15.2. The third kappa shape index (κ3) is 6.06. The highest BCUT2D eigenvalue weighted by molar-refractivity contribution is 5.76. The van der Waals surface area contributed by atoms with Crippen LogP contribution in [0.5, 0.6) is 5.75 Å². The van der Waals surface area contributed by atoms with Crippen LogP contribution in [-0.4, -0.2) is 43.2 Å². The Hall–Kier alpha value is -2.41. The van der Waals surface area contributed by atoms with Gasteiger partial charge in [-0.2, -0.15) is 0 Å². The van der Waals surface area contributed by atoms with Gasteiger partial charge in [-0.25, -0.2) is 10.9 Å². The summed E-state index contributed by atoms with van der Waals surface area (Å²) in [4.78, 5) is 14.8. The molecule has 0 aliphatic carbocycles. The van der Waals surface area contributed by atoms with Gasteiger partial charge >= 0.3 is 0 Å². The normalized spacial score (nSPS) is 22.4. The van der Waals surface area contributed by atoms with Crippen LogP contribution in [0, 0.1) is 0 Å². The molecule has 2 aliphatic heterocycles. The van der Waals surface area contributed by atoms with Crippen LogP contribution in [-0.2, 0) is 11.2 Å². The molecule has 1 amide bonds. The number of hydrogen-bond donors (Lipinski definition) is 3. The Balaban J connectivity index is 1.15. The Morgan fingerprint density at radius 3 is 2.52 bits per heavy atom. The van der Waals surface area contributed by atoms with E-state index < -0.39 is 0 Å². The first kappa shape index (κ1) is 21.8. The van der Waals surface area contributed by atoms with E-state index >= 15 is 0 Å². The summed E-state index contributed by atoms with van der Waals surface area (Å²) in [5.41, 5.74) is 9.47. The van der Waals surface area contributed by atoms with Gasteiger partial charge in [0.15, 0.2) is 0 Å². The number of methoxy groups -OCH3 is 1. The molecule has 2 aromatic rings. The molecule has 4 rings (SSSR count). The van der Waals surface area contributed by atoms with Crippen molar-refractivity contribution in [3.05, 3.63) is 65.7 Å². The predicted molar refractivity (Wildman–Crippen MR) is 123 cm³/mol. The largest absolute Gasteiger partial charge is 0.497 e. The second kappa shape index (κ2) is 10.8. The molecule has 0 radical (unpaired) electrons. The van der Waals surface area contributed by atoms with Crippen molar-refractivity contribution in [3.8, 4) is 5.75 Å². The maximum Gasteiger partial charge on any atom is 0.220 e. The zero-order valence-electron chi connectivity index (χ0n) is 18.3. The van der Waals surface area contributed by atoms with Gasteiger partial charge in [0.05, 0.1) is 13.3 Å². The number of carbonyl (C=O) groups excluding carboxylic acids is 1. The second-order valence-electron chi connectivity index (χ2n) is 8.58. The average molecular weight is 423 g/mol. The highest BCUT2D eigenvalue weighted by Crippen LogP contribution is 2.27. The van der Waals surface area contributed by atoms with Crippen LogP contribution in [0.15, 0.2) is 54.6 Å². The van der Waals surface area contributed by atoms with Gasteiger partial charge in [-0.05, 0) is 55.4 Å². The van der Waals surface area contributed by atoms with E-state index in [0.717, 1.165) is 50.9 Å². The number of nitrogens with one attached hydrogen (secondary N) is 3.